The smallest absolute Gasteiger partial charge is 0.256 e. The first kappa shape index (κ1) is 13.4. The van der Waals surface area contributed by atoms with Gasteiger partial charge in [0.25, 0.3) is 5.91 Å². The normalized spacial score (nSPS) is 18.1. The number of para-hydroxylation sites is 2. The molecule has 3 rings (SSSR count). The highest BCUT2D eigenvalue weighted by Gasteiger charge is 2.39. The molecule has 0 aromatic heterocycles. The van der Waals surface area contributed by atoms with Crippen LogP contribution in [0.4, 0.5) is 11.4 Å². The van der Waals surface area contributed by atoms with Gasteiger partial charge >= 0.3 is 0 Å². The molecule has 2 aromatic carbocycles. The number of aryl methyl sites for hydroxylation is 1. The van der Waals surface area contributed by atoms with E-state index >= 15 is 0 Å². The number of rotatable bonds is 3. The number of nitrogens with zero attached hydrogens (tertiary/aromatic N) is 1. The van der Waals surface area contributed by atoms with Gasteiger partial charge in [-0.25, -0.2) is 4.90 Å². The molecule has 21 heavy (non-hydrogen) atoms. The number of anilines is 2. The predicted octanol–water partition coefficient (Wildman–Crippen LogP) is 2.74. The number of benzene rings is 2. The zero-order chi connectivity index (χ0) is 14.8. The van der Waals surface area contributed by atoms with E-state index in [1.165, 1.54) is 4.90 Å². The van der Waals surface area contributed by atoms with Crippen molar-refractivity contribution in [2.75, 3.05) is 10.2 Å². The molecule has 2 aromatic rings. The van der Waals surface area contributed by atoms with E-state index in [9.17, 15) is 9.59 Å². The van der Waals surface area contributed by atoms with Crippen molar-refractivity contribution in [3.8, 4) is 0 Å². The van der Waals surface area contributed by atoms with Gasteiger partial charge in [0.1, 0.15) is 6.04 Å². The summed E-state index contributed by atoms with van der Waals surface area (Å²) in [7, 11) is 0. The van der Waals surface area contributed by atoms with E-state index in [1.54, 1.807) is 6.07 Å². The van der Waals surface area contributed by atoms with Gasteiger partial charge < -0.3 is 5.32 Å². The van der Waals surface area contributed by atoms with Gasteiger partial charge in [-0.05, 0) is 30.7 Å². The molecule has 0 aliphatic carbocycles. The number of nitrogens with one attached hydrogen (secondary N) is 1. The SMILES string of the molecule is Cc1ccccc1N1C(=O)CC(Nc2ccccc2)C1=O. The fourth-order valence-electron chi connectivity index (χ4n) is 2.55. The van der Waals surface area contributed by atoms with Crippen LogP contribution in [-0.2, 0) is 9.59 Å². The molecule has 1 saturated heterocycles. The highest BCUT2D eigenvalue weighted by atomic mass is 16.2. The standard InChI is InChI=1S/C17H16N2O2/c1-12-7-5-6-10-15(12)19-16(20)11-14(17(19)21)18-13-8-3-2-4-9-13/h2-10,14,18H,11H2,1H3. The Hall–Kier alpha value is -2.62. The maximum Gasteiger partial charge on any atom is 0.256 e. The molecule has 0 saturated carbocycles. The number of carbonyl (C=O) groups excluding carboxylic acids is 2. The second-order valence-corrected chi connectivity index (χ2v) is 5.12. The molecule has 1 fully saturated rings. The average molecular weight is 280 g/mol. The minimum absolute atomic E-state index is 0.164. The fraction of sp³-hybridized carbons (Fsp3) is 0.176. The first-order valence-corrected chi connectivity index (χ1v) is 6.91. The number of hydrogen-bond donors (Lipinski definition) is 1. The molecule has 1 N–H and O–H groups in total. The third-order valence-corrected chi connectivity index (χ3v) is 3.62. The van der Waals surface area contributed by atoms with Crippen LogP contribution in [0.1, 0.15) is 12.0 Å². The zero-order valence-electron chi connectivity index (χ0n) is 11.7. The summed E-state index contributed by atoms with van der Waals surface area (Å²) in [6.07, 6.45) is 0.183. The summed E-state index contributed by atoms with van der Waals surface area (Å²) in [6, 6.07) is 16.4. The number of carbonyl (C=O) groups is 2. The van der Waals surface area contributed by atoms with Gasteiger partial charge in [0, 0.05) is 5.69 Å². The Morgan fingerprint density at radius 2 is 1.67 bits per heavy atom. The summed E-state index contributed by atoms with van der Waals surface area (Å²) >= 11 is 0. The fourth-order valence-corrected chi connectivity index (χ4v) is 2.55. The topological polar surface area (TPSA) is 49.4 Å². The van der Waals surface area contributed by atoms with Crippen LogP contribution in [0, 0.1) is 6.92 Å². The van der Waals surface area contributed by atoms with Crippen LogP contribution in [0.15, 0.2) is 54.6 Å². The summed E-state index contributed by atoms with van der Waals surface area (Å²) in [5, 5.41) is 3.13. The second-order valence-electron chi connectivity index (χ2n) is 5.12. The lowest BCUT2D eigenvalue weighted by molar-refractivity contribution is -0.121. The zero-order valence-corrected chi connectivity index (χ0v) is 11.7. The molecule has 106 valence electrons. The third kappa shape index (κ3) is 2.52. The van der Waals surface area contributed by atoms with Crippen LogP contribution in [0.5, 0.6) is 0 Å². The lowest BCUT2D eigenvalue weighted by Crippen LogP contribution is -2.35. The summed E-state index contributed by atoms with van der Waals surface area (Å²) in [5.41, 5.74) is 2.43. The predicted molar refractivity (Wildman–Crippen MR) is 82.1 cm³/mol. The Balaban J connectivity index is 1.84. The van der Waals surface area contributed by atoms with Crippen LogP contribution in [0.25, 0.3) is 0 Å². The lowest BCUT2D eigenvalue weighted by Gasteiger charge is -2.18. The maximum absolute atomic E-state index is 12.5. The molecule has 1 aliphatic heterocycles. The van der Waals surface area contributed by atoms with Crippen LogP contribution in [0.3, 0.4) is 0 Å². The van der Waals surface area contributed by atoms with Crippen molar-refractivity contribution in [3.05, 3.63) is 60.2 Å². The Labute approximate surface area is 123 Å². The van der Waals surface area contributed by atoms with Crippen molar-refractivity contribution in [1.29, 1.82) is 0 Å². The molecule has 1 heterocycles. The summed E-state index contributed by atoms with van der Waals surface area (Å²) in [6.45, 7) is 1.90. The van der Waals surface area contributed by atoms with Gasteiger partial charge in [-0.15, -0.1) is 0 Å². The van der Waals surface area contributed by atoms with E-state index in [4.69, 9.17) is 0 Å². The molecule has 0 radical (unpaired) electrons. The van der Waals surface area contributed by atoms with Crippen molar-refractivity contribution >= 4 is 23.2 Å². The van der Waals surface area contributed by atoms with Crippen LogP contribution in [0.2, 0.25) is 0 Å². The van der Waals surface area contributed by atoms with Gasteiger partial charge in [0.15, 0.2) is 0 Å². The monoisotopic (exact) mass is 280 g/mol. The van der Waals surface area contributed by atoms with Crippen LogP contribution >= 0.6 is 0 Å². The molecule has 0 spiro atoms. The van der Waals surface area contributed by atoms with Gasteiger partial charge in [0.05, 0.1) is 12.1 Å². The number of amides is 2. The molecule has 4 heteroatoms. The van der Waals surface area contributed by atoms with Gasteiger partial charge in [-0.3, -0.25) is 9.59 Å². The Morgan fingerprint density at radius 1 is 1.00 bits per heavy atom. The molecule has 1 unspecified atom stereocenters. The minimum atomic E-state index is -0.500. The van der Waals surface area contributed by atoms with Crippen molar-refractivity contribution in [1.82, 2.24) is 0 Å². The van der Waals surface area contributed by atoms with Crippen molar-refractivity contribution < 1.29 is 9.59 Å². The maximum atomic E-state index is 12.5. The lowest BCUT2D eigenvalue weighted by atomic mass is 10.2. The number of imide groups is 1. The van der Waals surface area contributed by atoms with Gasteiger partial charge in [-0.2, -0.15) is 0 Å². The molecule has 4 nitrogen and oxygen atoms in total. The highest BCUT2D eigenvalue weighted by molar-refractivity contribution is 6.23. The second kappa shape index (κ2) is 5.40. The van der Waals surface area contributed by atoms with Crippen molar-refractivity contribution in [2.45, 2.75) is 19.4 Å². The van der Waals surface area contributed by atoms with Gasteiger partial charge in [-0.1, -0.05) is 36.4 Å². The first-order valence-electron chi connectivity index (χ1n) is 6.91. The molecular formula is C17H16N2O2. The highest BCUT2D eigenvalue weighted by Crippen LogP contribution is 2.27. The van der Waals surface area contributed by atoms with E-state index in [1.807, 2.05) is 55.5 Å². The Kier molecular flexibility index (Phi) is 3.44. The van der Waals surface area contributed by atoms with Crippen molar-refractivity contribution in [2.24, 2.45) is 0 Å². The summed E-state index contributed by atoms with van der Waals surface area (Å²) < 4.78 is 0. The summed E-state index contributed by atoms with van der Waals surface area (Å²) in [5.74, 6) is -0.360. The molecular weight excluding hydrogens is 264 g/mol. The molecule has 0 bridgehead atoms. The van der Waals surface area contributed by atoms with Crippen LogP contribution < -0.4 is 10.2 Å². The van der Waals surface area contributed by atoms with Crippen molar-refractivity contribution in [3.63, 3.8) is 0 Å². The van der Waals surface area contributed by atoms with E-state index in [0.29, 0.717) is 5.69 Å². The first-order chi connectivity index (χ1) is 10.2. The average Bonchev–Trinajstić information content (AvgIpc) is 2.76. The molecule has 1 aliphatic rings. The largest absolute Gasteiger partial charge is 0.373 e. The third-order valence-electron chi connectivity index (χ3n) is 3.62. The van der Waals surface area contributed by atoms with E-state index in [-0.39, 0.29) is 18.2 Å². The Bertz CT molecular complexity index is 682. The van der Waals surface area contributed by atoms with E-state index in [2.05, 4.69) is 5.32 Å². The van der Waals surface area contributed by atoms with Crippen LogP contribution in [-0.4, -0.2) is 17.9 Å². The van der Waals surface area contributed by atoms with Gasteiger partial charge in [0.2, 0.25) is 5.91 Å². The molecule has 1 atom stereocenters. The summed E-state index contributed by atoms with van der Waals surface area (Å²) in [4.78, 5) is 26.0. The van der Waals surface area contributed by atoms with E-state index in [0.717, 1.165) is 11.3 Å². The number of hydrogen-bond acceptors (Lipinski definition) is 3. The Morgan fingerprint density at radius 3 is 2.38 bits per heavy atom. The van der Waals surface area contributed by atoms with E-state index < -0.39 is 6.04 Å². The molecule has 2 amide bonds. The quantitative estimate of drug-likeness (QED) is 0.879. The minimum Gasteiger partial charge on any atom is -0.373 e.